The van der Waals surface area contributed by atoms with E-state index < -0.39 is 9.84 Å². The van der Waals surface area contributed by atoms with Crippen molar-refractivity contribution in [2.24, 2.45) is 5.73 Å². The predicted octanol–water partition coefficient (Wildman–Crippen LogP) is 2.04. The molecule has 0 saturated carbocycles. The zero-order chi connectivity index (χ0) is 14.5. The van der Waals surface area contributed by atoms with Gasteiger partial charge in [0.15, 0.2) is 9.84 Å². The Morgan fingerprint density at radius 3 is 2.42 bits per heavy atom. The zero-order valence-electron chi connectivity index (χ0n) is 12.0. The summed E-state index contributed by atoms with van der Waals surface area (Å²) in [4.78, 5) is 2.53. The Morgan fingerprint density at radius 2 is 1.89 bits per heavy atom. The maximum atomic E-state index is 12.2. The summed E-state index contributed by atoms with van der Waals surface area (Å²) in [5, 5.41) is 0. The van der Waals surface area contributed by atoms with Gasteiger partial charge in [0.1, 0.15) is 0 Å². The highest BCUT2D eigenvalue weighted by atomic mass is 32.2. The lowest BCUT2D eigenvalue weighted by Gasteiger charge is -2.30. The molecule has 0 amide bonds. The van der Waals surface area contributed by atoms with Crippen LogP contribution >= 0.6 is 0 Å². The molecule has 0 unspecified atom stereocenters. The Kier molecular flexibility index (Phi) is 5.82. The van der Waals surface area contributed by atoms with Crippen molar-refractivity contribution < 1.29 is 8.42 Å². The third-order valence-corrected chi connectivity index (χ3v) is 4.89. The number of anilines is 1. The molecule has 0 radical (unpaired) electrons. The predicted molar refractivity (Wildman–Crippen MR) is 80.3 cm³/mol. The molecule has 0 spiro atoms. The summed E-state index contributed by atoms with van der Waals surface area (Å²) in [6, 6.07) is 7.44. The molecule has 0 fully saturated rings. The molecule has 0 atom stereocenters. The molecule has 19 heavy (non-hydrogen) atoms. The highest BCUT2D eigenvalue weighted by molar-refractivity contribution is 7.91. The van der Waals surface area contributed by atoms with E-state index in [1.165, 1.54) is 0 Å². The minimum atomic E-state index is -3.21. The molecule has 0 aromatic heterocycles. The molecule has 0 aliphatic carbocycles. The molecule has 0 aliphatic heterocycles. The largest absolute Gasteiger partial charge is 0.368 e. The van der Waals surface area contributed by atoms with Gasteiger partial charge in [-0.05, 0) is 38.9 Å². The van der Waals surface area contributed by atoms with Crippen molar-refractivity contribution in [3.8, 4) is 0 Å². The van der Waals surface area contributed by atoms with E-state index in [1.807, 2.05) is 12.1 Å². The molecular formula is C14H24N2O2S. The van der Waals surface area contributed by atoms with E-state index in [2.05, 4.69) is 18.7 Å². The molecular weight excluding hydrogens is 260 g/mol. The Bertz CT molecular complexity index is 498. The number of para-hydroxylation sites is 1. The summed E-state index contributed by atoms with van der Waals surface area (Å²) in [5.74, 6) is 0.118. The fourth-order valence-electron chi connectivity index (χ4n) is 2.03. The fourth-order valence-corrected chi connectivity index (χ4v) is 3.13. The van der Waals surface area contributed by atoms with Gasteiger partial charge in [0.05, 0.1) is 16.3 Å². The van der Waals surface area contributed by atoms with Gasteiger partial charge in [-0.25, -0.2) is 8.42 Å². The van der Waals surface area contributed by atoms with Gasteiger partial charge < -0.3 is 10.6 Å². The first kappa shape index (κ1) is 16.0. The van der Waals surface area contributed by atoms with Crippen molar-refractivity contribution >= 4 is 15.5 Å². The van der Waals surface area contributed by atoms with Crippen LogP contribution in [0.5, 0.6) is 0 Å². The first-order valence-electron chi connectivity index (χ1n) is 6.72. The van der Waals surface area contributed by atoms with Crippen molar-refractivity contribution in [1.29, 1.82) is 0 Å². The van der Waals surface area contributed by atoms with Crippen molar-refractivity contribution in [2.75, 3.05) is 23.7 Å². The number of benzene rings is 1. The van der Waals surface area contributed by atoms with Gasteiger partial charge >= 0.3 is 0 Å². The molecule has 2 N–H and O–H groups in total. The number of rotatable bonds is 7. The lowest BCUT2D eigenvalue weighted by molar-refractivity contribution is 0.594. The Hall–Kier alpha value is -1.07. The lowest BCUT2D eigenvalue weighted by Crippen LogP contribution is -2.34. The topological polar surface area (TPSA) is 63.4 Å². The summed E-state index contributed by atoms with van der Waals surface area (Å²) in [6.07, 6.45) is 0.846. The SMILES string of the molecule is CCS(=O)(=O)c1ccccc1N(CCCN)C(C)C. The van der Waals surface area contributed by atoms with Crippen LogP contribution in [0.1, 0.15) is 27.2 Å². The molecule has 108 valence electrons. The minimum Gasteiger partial charge on any atom is -0.368 e. The van der Waals surface area contributed by atoms with Gasteiger partial charge in [0.2, 0.25) is 0 Å². The van der Waals surface area contributed by atoms with Crippen LogP contribution in [0.15, 0.2) is 29.2 Å². The van der Waals surface area contributed by atoms with Gasteiger partial charge in [0, 0.05) is 12.6 Å². The quantitative estimate of drug-likeness (QED) is 0.832. The van der Waals surface area contributed by atoms with E-state index in [0.717, 1.165) is 18.7 Å². The number of sulfone groups is 1. The van der Waals surface area contributed by atoms with Crippen molar-refractivity contribution in [2.45, 2.75) is 38.1 Å². The number of nitrogens with two attached hydrogens (primary N) is 1. The molecule has 1 rings (SSSR count). The third-order valence-electron chi connectivity index (χ3n) is 3.12. The first-order valence-corrected chi connectivity index (χ1v) is 8.37. The highest BCUT2D eigenvalue weighted by Gasteiger charge is 2.21. The van der Waals surface area contributed by atoms with Gasteiger partial charge in [-0.1, -0.05) is 19.1 Å². The van der Waals surface area contributed by atoms with E-state index in [9.17, 15) is 8.42 Å². The first-order chi connectivity index (χ1) is 8.94. The highest BCUT2D eigenvalue weighted by Crippen LogP contribution is 2.27. The van der Waals surface area contributed by atoms with Crippen LogP contribution < -0.4 is 10.6 Å². The number of hydrogen-bond donors (Lipinski definition) is 1. The normalized spacial score (nSPS) is 11.8. The van der Waals surface area contributed by atoms with Crippen LogP contribution in [-0.2, 0) is 9.84 Å². The fraction of sp³-hybridized carbons (Fsp3) is 0.571. The van der Waals surface area contributed by atoms with Crippen LogP contribution in [0.4, 0.5) is 5.69 Å². The van der Waals surface area contributed by atoms with E-state index in [-0.39, 0.29) is 11.8 Å². The van der Waals surface area contributed by atoms with E-state index in [0.29, 0.717) is 11.4 Å². The van der Waals surface area contributed by atoms with Crippen molar-refractivity contribution in [3.05, 3.63) is 24.3 Å². The van der Waals surface area contributed by atoms with Gasteiger partial charge in [-0.15, -0.1) is 0 Å². The number of nitrogens with zero attached hydrogens (tertiary/aromatic N) is 1. The standard InChI is InChI=1S/C14H24N2O2S/c1-4-19(17,18)14-9-6-5-8-13(14)16(12(2)3)11-7-10-15/h5-6,8-9,12H,4,7,10-11,15H2,1-3H3. The molecule has 0 bridgehead atoms. The maximum Gasteiger partial charge on any atom is 0.180 e. The van der Waals surface area contributed by atoms with E-state index in [1.54, 1.807) is 19.1 Å². The molecule has 1 aromatic carbocycles. The molecule has 0 heterocycles. The Labute approximate surface area is 116 Å². The Balaban J connectivity index is 3.24. The maximum absolute atomic E-state index is 12.2. The van der Waals surface area contributed by atoms with Crippen molar-refractivity contribution in [3.63, 3.8) is 0 Å². The van der Waals surface area contributed by atoms with Crippen LogP contribution in [0.2, 0.25) is 0 Å². The van der Waals surface area contributed by atoms with Crippen LogP contribution in [0, 0.1) is 0 Å². The summed E-state index contributed by atoms with van der Waals surface area (Å²) in [5.41, 5.74) is 6.35. The minimum absolute atomic E-state index is 0.118. The molecule has 4 nitrogen and oxygen atoms in total. The molecule has 5 heteroatoms. The summed E-state index contributed by atoms with van der Waals surface area (Å²) < 4.78 is 24.3. The van der Waals surface area contributed by atoms with Gasteiger partial charge in [-0.3, -0.25) is 0 Å². The zero-order valence-corrected chi connectivity index (χ0v) is 12.8. The second kappa shape index (κ2) is 6.91. The summed E-state index contributed by atoms with van der Waals surface area (Å²) >= 11 is 0. The monoisotopic (exact) mass is 284 g/mol. The van der Waals surface area contributed by atoms with E-state index in [4.69, 9.17) is 5.73 Å². The van der Waals surface area contributed by atoms with Crippen LogP contribution in [0.25, 0.3) is 0 Å². The third kappa shape index (κ3) is 3.94. The average molecular weight is 284 g/mol. The molecule has 1 aromatic rings. The lowest BCUT2D eigenvalue weighted by atomic mass is 10.2. The summed E-state index contributed by atoms with van der Waals surface area (Å²) in [7, 11) is -3.21. The summed E-state index contributed by atoms with van der Waals surface area (Å²) in [6.45, 7) is 7.17. The van der Waals surface area contributed by atoms with Gasteiger partial charge in [0.25, 0.3) is 0 Å². The van der Waals surface area contributed by atoms with E-state index >= 15 is 0 Å². The second-order valence-corrected chi connectivity index (χ2v) is 7.05. The number of hydrogen-bond acceptors (Lipinski definition) is 4. The second-order valence-electron chi connectivity index (χ2n) is 4.80. The Morgan fingerprint density at radius 1 is 1.26 bits per heavy atom. The van der Waals surface area contributed by atoms with Crippen LogP contribution in [-0.4, -0.2) is 33.3 Å². The average Bonchev–Trinajstić information content (AvgIpc) is 2.39. The van der Waals surface area contributed by atoms with Gasteiger partial charge in [-0.2, -0.15) is 0 Å². The molecule has 0 saturated heterocycles. The van der Waals surface area contributed by atoms with Crippen LogP contribution in [0.3, 0.4) is 0 Å². The molecule has 0 aliphatic rings. The van der Waals surface area contributed by atoms with Crippen molar-refractivity contribution in [1.82, 2.24) is 0 Å². The smallest absolute Gasteiger partial charge is 0.180 e.